The fourth-order valence-corrected chi connectivity index (χ4v) is 3.40. The molecule has 0 atom stereocenters. The first kappa shape index (κ1) is 19.6. The van der Waals surface area contributed by atoms with Gasteiger partial charge in [0, 0.05) is 13.1 Å². The molecule has 0 heterocycles. The van der Waals surface area contributed by atoms with E-state index in [1.807, 2.05) is 6.92 Å². The molecule has 140 valence electrons. The Labute approximate surface area is 153 Å². The number of rotatable bonds is 8. The largest absolute Gasteiger partial charge is 0.490 e. The summed E-state index contributed by atoms with van der Waals surface area (Å²) in [5, 5.41) is 2.48. The highest BCUT2D eigenvalue weighted by Gasteiger charge is 2.20. The Morgan fingerprint density at radius 3 is 2.31 bits per heavy atom. The van der Waals surface area contributed by atoms with Gasteiger partial charge in [0.1, 0.15) is 0 Å². The Bertz CT molecular complexity index is 881. The van der Waals surface area contributed by atoms with E-state index in [0.29, 0.717) is 24.7 Å². The van der Waals surface area contributed by atoms with Crippen molar-refractivity contribution in [2.45, 2.75) is 18.7 Å². The van der Waals surface area contributed by atoms with Gasteiger partial charge < -0.3 is 14.8 Å². The van der Waals surface area contributed by atoms with Crippen LogP contribution in [0.15, 0.2) is 47.4 Å². The summed E-state index contributed by atoms with van der Waals surface area (Å²) in [6.07, 6.45) is 0. The minimum absolute atomic E-state index is 0.0103. The van der Waals surface area contributed by atoms with E-state index in [2.05, 4.69) is 10.0 Å². The normalized spacial score (nSPS) is 10.9. The van der Waals surface area contributed by atoms with Crippen molar-refractivity contribution in [1.29, 1.82) is 0 Å². The average molecular weight is 378 g/mol. The van der Waals surface area contributed by atoms with Gasteiger partial charge in [-0.05, 0) is 38.1 Å². The number of amides is 1. The van der Waals surface area contributed by atoms with E-state index in [1.54, 1.807) is 31.2 Å². The fraction of sp³-hybridized carbons (Fsp3) is 0.278. The SMILES string of the molecule is CCOc1ccc(S(=O)(=O)Nc2ccccc2C(=O)NC)cc1OCC. The Hall–Kier alpha value is -2.74. The molecule has 2 N–H and O–H groups in total. The van der Waals surface area contributed by atoms with Crippen molar-refractivity contribution in [1.82, 2.24) is 5.32 Å². The van der Waals surface area contributed by atoms with E-state index >= 15 is 0 Å². The molecular weight excluding hydrogens is 356 g/mol. The van der Waals surface area contributed by atoms with Crippen LogP contribution in [-0.2, 0) is 10.0 Å². The number of carbonyl (C=O) groups is 1. The molecule has 0 aromatic heterocycles. The van der Waals surface area contributed by atoms with Crippen LogP contribution in [0, 0.1) is 0 Å². The number of para-hydroxylation sites is 1. The van der Waals surface area contributed by atoms with Gasteiger partial charge in [0.05, 0.1) is 29.4 Å². The van der Waals surface area contributed by atoms with Crippen LogP contribution in [0.1, 0.15) is 24.2 Å². The number of benzene rings is 2. The zero-order valence-corrected chi connectivity index (χ0v) is 15.7. The van der Waals surface area contributed by atoms with E-state index < -0.39 is 10.0 Å². The fourth-order valence-electron chi connectivity index (χ4n) is 2.31. The van der Waals surface area contributed by atoms with Gasteiger partial charge in [0.2, 0.25) is 0 Å². The Kier molecular flexibility index (Phi) is 6.46. The summed E-state index contributed by atoms with van der Waals surface area (Å²) in [6, 6.07) is 10.8. The molecule has 0 unspecified atom stereocenters. The van der Waals surface area contributed by atoms with E-state index in [-0.39, 0.29) is 22.1 Å². The number of carbonyl (C=O) groups excluding carboxylic acids is 1. The van der Waals surface area contributed by atoms with Crippen LogP contribution in [-0.4, -0.2) is 34.6 Å². The molecule has 0 aliphatic rings. The molecule has 2 aromatic carbocycles. The lowest BCUT2D eigenvalue weighted by Crippen LogP contribution is -2.21. The molecule has 2 rings (SSSR count). The molecule has 0 bridgehead atoms. The summed E-state index contributed by atoms with van der Waals surface area (Å²) in [5.41, 5.74) is 0.424. The maximum atomic E-state index is 12.8. The zero-order chi connectivity index (χ0) is 19.2. The van der Waals surface area contributed by atoms with Crippen molar-refractivity contribution < 1.29 is 22.7 Å². The number of sulfonamides is 1. The standard InChI is InChI=1S/C18H22N2O5S/c1-4-24-16-11-10-13(12-17(16)25-5-2)26(22,23)20-15-9-7-6-8-14(15)18(21)19-3/h6-12,20H,4-5H2,1-3H3,(H,19,21). The molecule has 0 radical (unpaired) electrons. The lowest BCUT2D eigenvalue weighted by molar-refractivity contribution is 0.0964. The van der Waals surface area contributed by atoms with Crippen molar-refractivity contribution in [3.8, 4) is 11.5 Å². The third-order valence-corrected chi connectivity index (χ3v) is 4.83. The van der Waals surface area contributed by atoms with Crippen molar-refractivity contribution in [3.63, 3.8) is 0 Å². The second-order valence-electron chi connectivity index (χ2n) is 5.20. The van der Waals surface area contributed by atoms with Crippen molar-refractivity contribution in [2.24, 2.45) is 0 Å². The number of ether oxygens (including phenoxy) is 2. The first-order valence-electron chi connectivity index (χ1n) is 8.16. The first-order chi connectivity index (χ1) is 12.4. The lowest BCUT2D eigenvalue weighted by Gasteiger charge is -2.14. The topological polar surface area (TPSA) is 93.7 Å². The van der Waals surface area contributed by atoms with E-state index in [0.717, 1.165) is 0 Å². The van der Waals surface area contributed by atoms with Crippen molar-refractivity contribution in [2.75, 3.05) is 25.0 Å². The molecule has 8 heteroatoms. The highest BCUT2D eigenvalue weighted by molar-refractivity contribution is 7.92. The van der Waals surface area contributed by atoms with Crippen molar-refractivity contribution >= 4 is 21.6 Å². The average Bonchev–Trinajstić information content (AvgIpc) is 2.63. The highest BCUT2D eigenvalue weighted by atomic mass is 32.2. The molecule has 1 amide bonds. The molecule has 0 aliphatic carbocycles. The number of anilines is 1. The predicted molar refractivity (Wildman–Crippen MR) is 99.4 cm³/mol. The van der Waals surface area contributed by atoms with Crippen LogP contribution in [0.5, 0.6) is 11.5 Å². The third-order valence-electron chi connectivity index (χ3n) is 3.47. The highest BCUT2D eigenvalue weighted by Crippen LogP contribution is 2.31. The molecule has 2 aromatic rings. The van der Waals surface area contributed by atoms with Crippen LogP contribution in [0.3, 0.4) is 0 Å². The maximum Gasteiger partial charge on any atom is 0.262 e. The van der Waals surface area contributed by atoms with Crippen LogP contribution >= 0.6 is 0 Å². The van der Waals surface area contributed by atoms with Crippen LogP contribution in [0.4, 0.5) is 5.69 Å². The van der Waals surface area contributed by atoms with Gasteiger partial charge in [-0.15, -0.1) is 0 Å². The van der Waals surface area contributed by atoms with Gasteiger partial charge in [-0.25, -0.2) is 8.42 Å². The van der Waals surface area contributed by atoms with Crippen LogP contribution in [0.25, 0.3) is 0 Å². The van der Waals surface area contributed by atoms with Gasteiger partial charge in [-0.2, -0.15) is 0 Å². The summed E-state index contributed by atoms with van der Waals surface area (Å²) in [7, 11) is -2.44. The quantitative estimate of drug-likeness (QED) is 0.736. The summed E-state index contributed by atoms with van der Waals surface area (Å²) >= 11 is 0. The van der Waals surface area contributed by atoms with Crippen LogP contribution < -0.4 is 19.5 Å². The minimum atomic E-state index is -3.92. The zero-order valence-electron chi connectivity index (χ0n) is 14.9. The first-order valence-corrected chi connectivity index (χ1v) is 9.64. The number of hydrogen-bond donors (Lipinski definition) is 2. The number of nitrogens with one attached hydrogen (secondary N) is 2. The van der Waals surface area contributed by atoms with Gasteiger partial charge in [0.15, 0.2) is 11.5 Å². The molecular formula is C18H22N2O5S. The summed E-state index contributed by atoms with van der Waals surface area (Å²) < 4.78 is 38.9. The second kappa shape index (κ2) is 8.57. The molecule has 0 aliphatic heterocycles. The molecule has 0 fully saturated rings. The molecule has 0 saturated heterocycles. The third kappa shape index (κ3) is 4.45. The molecule has 0 spiro atoms. The summed E-state index contributed by atoms with van der Waals surface area (Å²) in [6.45, 7) is 4.44. The number of hydrogen-bond acceptors (Lipinski definition) is 5. The van der Waals surface area contributed by atoms with Crippen LogP contribution in [0.2, 0.25) is 0 Å². The van der Waals surface area contributed by atoms with Gasteiger partial charge >= 0.3 is 0 Å². The van der Waals surface area contributed by atoms with Crippen molar-refractivity contribution in [3.05, 3.63) is 48.0 Å². The smallest absolute Gasteiger partial charge is 0.262 e. The molecule has 0 saturated carbocycles. The Morgan fingerprint density at radius 1 is 1.00 bits per heavy atom. The Morgan fingerprint density at radius 2 is 1.65 bits per heavy atom. The maximum absolute atomic E-state index is 12.8. The van der Waals surface area contributed by atoms with E-state index in [9.17, 15) is 13.2 Å². The molecule has 7 nitrogen and oxygen atoms in total. The lowest BCUT2D eigenvalue weighted by atomic mass is 10.2. The minimum Gasteiger partial charge on any atom is -0.490 e. The van der Waals surface area contributed by atoms with Gasteiger partial charge in [0.25, 0.3) is 15.9 Å². The molecule has 26 heavy (non-hydrogen) atoms. The monoisotopic (exact) mass is 378 g/mol. The summed E-state index contributed by atoms with van der Waals surface area (Å²) in [5.74, 6) is 0.431. The predicted octanol–water partition coefficient (Wildman–Crippen LogP) is 2.64. The van der Waals surface area contributed by atoms with E-state index in [1.165, 1.54) is 25.2 Å². The van der Waals surface area contributed by atoms with E-state index in [4.69, 9.17) is 9.47 Å². The van der Waals surface area contributed by atoms with Gasteiger partial charge in [-0.3, -0.25) is 9.52 Å². The Balaban J connectivity index is 2.39. The van der Waals surface area contributed by atoms with Gasteiger partial charge in [-0.1, -0.05) is 12.1 Å². The summed E-state index contributed by atoms with van der Waals surface area (Å²) in [4.78, 5) is 11.9. The second-order valence-corrected chi connectivity index (χ2v) is 6.89.